The van der Waals surface area contributed by atoms with Crippen LogP contribution in [0.1, 0.15) is 41.2 Å². The second kappa shape index (κ2) is 15.6. The molecule has 0 aliphatic heterocycles. The molecule has 4 aromatic carbocycles. The summed E-state index contributed by atoms with van der Waals surface area (Å²) in [6.07, 6.45) is 0.891. The Morgan fingerprint density at radius 2 is 1.46 bits per heavy atom. The Labute approximate surface area is 282 Å². The van der Waals surface area contributed by atoms with Gasteiger partial charge in [-0.3, -0.25) is 13.9 Å². The molecule has 0 radical (unpaired) electrons. The summed E-state index contributed by atoms with van der Waals surface area (Å²) in [5.74, 6) is -0.944. The van der Waals surface area contributed by atoms with E-state index in [-0.39, 0.29) is 23.8 Å². The van der Waals surface area contributed by atoms with Crippen LogP contribution in [0.4, 0.5) is 5.69 Å². The van der Waals surface area contributed by atoms with Crippen LogP contribution in [0.3, 0.4) is 0 Å². The molecule has 242 valence electrons. The standard InChI is InChI=1S/C36H39Cl2N3O4S/c1-5-20-39-36(43)34(22-28-10-7-6-8-11-28)40(23-30-31(37)12-9-13-32(30)38)35(42)24-41(33-19-16-26(3)21-27(33)4)46(44,45)29-17-14-25(2)15-18-29/h6-19,21,34H,5,20,22-24H2,1-4H3,(H,39,43). The normalized spacial score (nSPS) is 12.0. The number of hydrogen-bond donors (Lipinski definition) is 1. The zero-order chi connectivity index (χ0) is 33.4. The van der Waals surface area contributed by atoms with Gasteiger partial charge in [-0.15, -0.1) is 0 Å². The molecule has 0 saturated heterocycles. The Morgan fingerprint density at radius 3 is 2.07 bits per heavy atom. The monoisotopic (exact) mass is 679 g/mol. The second-order valence-electron chi connectivity index (χ2n) is 11.3. The summed E-state index contributed by atoms with van der Waals surface area (Å²) in [5, 5.41) is 3.59. The van der Waals surface area contributed by atoms with Gasteiger partial charge in [0.25, 0.3) is 10.0 Å². The van der Waals surface area contributed by atoms with Gasteiger partial charge in [-0.2, -0.15) is 0 Å². The molecule has 1 atom stereocenters. The first kappa shape index (κ1) is 35.0. The molecule has 1 unspecified atom stereocenters. The van der Waals surface area contributed by atoms with E-state index in [1.807, 2.05) is 70.2 Å². The van der Waals surface area contributed by atoms with E-state index < -0.39 is 28.5 Å². The van der Waals surface area contributed by atoms with E-state index in [0.717, 1.165) is 21.0 Å². The van der Waals surface area contributed by atoms with E-state index >= 15 is 0 Å². The third-order valence-corrected chi connectivity index (χ3v) is 10.2. The highest BCUT2D eigenvalue weighted by molar-refractivity contribution is 7.92. The van der Waals surface area contributed by atoms with Crippen molar-refractivity contribution in [2.75, 3.05) is 17.4 Å². The van der Waals surface area contributed by atoms with E-state index in [1.165, 1.54) is 17.0 Å². The Balaban J connectivity index is 1.85. The minimum atomic E-state index is -4.21. The number of hydrogen-bond acceptors (Lipinski definition) is 4. The smallest absolute Gasteiger partial charge is 0.264 e. The van der Waals surface area contributed by atoms with Crippen molar-refractivity contribution in [2.45, 2.75) is 58.0 Å². The first-order chi connectivity index (χ1) is 21.9. The molecule has 46 heavy (non-hydrogen) atoms. The number of aryl methyl sites for hydroxylation is 3. The van der Waals surface area contributed by atoms with E-state index in [0.29, 0.717) is 39.8 Å². The number of anilines is 1. The van der Waals surface area contributed by atoms with Crippen LogP contribution < -0.4 is 9.62 Å². The maximum absolute atomic E-state index is 14.6. The van der Waals surface area contributed by atoms with Crippen molar-refractivity contribution >= 4 is 50.7 Å². The molecule has 10 heteroatoms. The number of carbonyl (C=O) groups is 2. The second-order valence-corrected chi connectivity index (χ2v) is 14.0. The predicted octanol–water partition coefficient (Wildman–Crippen LogP) is 7.28. The molecule has 0 fully saturated rings. The first-order valence-corrected chi connectivity index (χ1v) is 17.3. The molecule has 0 bridgehead atoms. The van der Waals surface area contributed by atoms with Gasteiger partial charge in [0.15, 0.2) is 0 Å². The lowest BCUT2D eigenvalue weighted by Gasteiger charge is -2.34. The fourth-order valence-corrected chi connectivity index (χ4v) is 7.21. The molecule has 7 nitrogen and oxygen atoms in total. The minimum Gasteiger partial charge on any atom is -0.354 e. The molecule has 0 aliphatic carbocycles. The average molecular weight is 681 g/mol. The minimum absolute atomic E-state index is 0.0492. The van der Waals surface area contributed by atoms with Crippen LogP contribution in [-0.2, 0) is 32.6 Å². The van der Waals surface area contributed by atoms with Gasteiger partial charge >= 0.3 is 0 Å². The summed E-state index contributed by atoms with van der Waals surface area (Å²) in [6.45, 7) is 7.28. The molecular formula is C36H39Cl2N3O4S. The molecule has 0 saturated carbocycles. The van der Waals surface area contributed by atoms with Crippen molar-refractivity contribution in [3.8, 4) is 0 Å². The Kier molecular flexibility index (Phi) is 11.9. The van der Waals surface area contributed by atoms with E-state index in [2.05, 4.69) is 5.32 Å². The van der Waals surface area contributed by atoms with Gasteiger partial charge < -0.3 is 10.2 Å². The van der Waals surface area contributed by atoms with Gasteiger partial charge in [0.05, 0.1) is 10.6 Å². The average Bonchev–Trinajstić information content (AvgIpc) is 3.02. The molecule has 0 spiro atoms. The summed E-state index contributed by atoms with van der Waals surface area (Å²) in [5.41, 5.74) is 4.19. The lowest BCUT2D eigenvalue weighted by Crippen LogP contribution is -2.53. The van der Waals surface area contributed by atoms with Gasteiger partial charge in [0.2, 0.25) is 11.8 Å². The molecule has 0 heterocycles. The van der Waals surface area contributed by atoms with Crippen molar-refractivity contribution in [1.82, 2.24) is 10.2 Å². The zero-order valence-corrected chi connectivity index (χ0v) is 28.8. The molecule has 0 aliphatic rings. The quantitative estimate of drug-likeness (QED) is 0.161. The summed E-state index contributed by atoms with van der Waals surface area (Å²) in [4.78, 5) is 29.9. The molecule has 4 aromatic rings. The van der Waals surface area contributed by atoms with Gasteiger partial charge in [-0.05, 0) is 68.7 Å². The van der Waals surface area contributed by atoms with Crippen molar-refractivity contribution in [3.63, 3.8) is 0 Å². The highest BCUT2D eigenvalue weighted by Gasteiger charge is 2.35. The highest BCUT2D eigenvalue weighted by Crippen LogP contribution is 2.30. The molecule has 0 aromatic heterocycles. The van der Waals surface area contributed by atoms with Crippen LogP contribution in [0.2, 0.25) is 10.0 Å². The van der Waals surface area contributed by atoms with E-state index in [1.54, 1.807) is 36.4 Å². The summed E-state index contributed by atoms with van der Waals surface area (Å²) < 4.78 is 29.7. The lowest BCUT2D eigenvalue weighted by atomic mass is 10.0. The molecule has 4 rings (SSSR count). The zero-order valence-electron chi connectivity index (χ0n) is 26.5. The number of carbonyl (C=O) groups excluding carboxylic acids is 2. The number of nitrogens with one attached hydrogen (secondary N) is 1. The van der Waals surface area contributed by atoms with Crippen LogP contribution in [-0.4, -0.2) is 44.3 Å². The van der Waals surface area contributed by atoms with E-state index in [4.69, 9.17) is 23.2 Å². The Hall–Kier alpha value is -3.85. The Morgan fingerprint density at radius 1 is 0.826 bits per heavy atom. The lowest BCUT2D eigenvalue weighted by molar-refractivity contribution is -0.140. The molecule has 1 N–H and O–H groups in total. The summed E-state index contributed by atoms with van der Waals surface area (Å²) >= 11 is 13.2. The molecule has 2 amide bonds. The van der Waals surface area contributed by atoms with Gasteiger partial charge in [0, 0.05) is 35.1 Å². The van der Waals surface area contributed by atoms with Crippen LogP contribution >= 0.6 is 23.2 Å². The van der Waals surface area contributed by atoms with Crippen LogP contribution in [0.5, 0.6) is 0 Å². The summed E-state index contributed by atoms with van der Waals surface area (Å²) in [6, 6.07) is 25.3. The van der Waals surface area contributed by atoms with Crippen LogP contribution in [0.25, 0.3) is 0 Å². The maximum Gasteiger partial charge on any atom is 0.264 e. The summed E-state index contributed by atoms with van der Waals surface area (Å²) in [7, 11) is -4.21. The third-order valence-electron chi connectivity index (χ3n) is 7.72. The van der Waals surface area contributed by atoms with Gasteiger partial charge in [-0.1, -0.05) is 102 Å². The molecular weight excluding hydrogens is 641 g/mol. The number of halogens is 2. The fourth-order valence-electron chi connectivity index (χ4n) is 5.21. The number of nitrogens with zero attached hydrogens (tertiary/aromatic N) is 2. The van der Waals surface area contributed by atoms with Gasteiger partial charge in [-0.25, -0.2) is 8.42 Å². The third kappa shape index (κ3) is 8.49. The van der Waals surface area contributed by atoms with Crippen LogP contribution in [0, 0.1) is 20.8 Å². The first-order valence-electron chi connectivity index (χ1n) is 15.1. The predicted molar refractivity (Wildman–Crippen MR) is 186 cm³/mol. The number of amides is 2. The van der Waals surface area contributed by atoms with E-state index in [9.17, 15) is 18.0 Å². The number of rotatable bonds is 13. The number of sulfonamides is 1. The topological polar surface area (TPSA) is 86.8 Å². The van der Waals surface area contributed by atoms with Crippen molar-refractivity contribution < 1.29 is 18.0 Å². The van der Waals surface area contributed by atoms with Crippen molar-refractivity contribution in [2.24, 2.45) is 0 Å². The Bertz CT molecular complexity index is 1760. The van der Waals surface area contributed by atoms with Gasteiger partial charge in [0.1, 0.15) is 12.6 Å². The van der Waals surface area contributed by atoms with Crippen molar-refractivity contribution in [1.29, 1.82) is 0 Å². The van der Waals surface area contributed by atoms with Crippen LogP contribution in [0.15, 0.2) is 95.9 Å². The highest BCUT2D eigenvalue weighted by atomic mass is 35.5. The largest absolute Gasteiger partial charge is 0.354 e. The maximum atomic E-state index is 14.6. The fraction of sp³-hybridized carbons (Fsp3) is 0.278. The SMILES string of the molecule is CCCNC(=O)C(Cc1ccccc1)N(Cc1c(Cl)cccc1Cl)C(=O)CN(c1ccc(C)cc1C)S(=O)(=O)c1ccc(C)cc1. The van der Waals surface area contributed by atoms with Crippen molar-refractivity contribution in [3.05, 3.63) is 129 Å². The number of benzene rings is 4.